The molecule has 1 saturated heterocycles. The minimum atomic E-state index is -0.115. The van der Waals surface area contributed by atoms with E-state index in [0.717, 1.165) is 24.2 Å². The third-order valence-electron chi connectivity index (χ3n) is 6.76. The van der Waals surface area contributed by atoms with Gasteiger partial charge in [0.2, 0.25) is 5.95 Å². The van der Waals surface area contributed by atoms with Crippen LogP contribution in [0.1, 0.15) is 31.4 Å². The second-order valence-electron chi connectivity index (χ2n) is 9.97. The van der Waals surface area contributed by atoms with E-state index >= 15 is 0 Å². The Morgan fingerprint density at radius 1 is 1.11 bits per heavy atom. The van der Waals surface area contributed by atoms with E-state index in [1.165, 1.54) is 30.6 Å². The van der Waals surface area contributed by atoms with Gasteiger partial charge in [-0.15, -0.1) is 0 Å². The first kappa shape index (κ1) is 26.3. The van der Waals surface area contributed by atoms with Crippen LogP contribution in [0.5, 0.6) is 0 Å². The van der Waals surface area contributed by atoms with Crippen LogP contribution >= 0.6 is 34.5 Å². The fourth-order valence-electron chi connectivity index (χ4n) is 4.34. The number of rotatable bonds is 9. The van der Waals surface area contributed by atoms with Gasteiger partial charge in [0.05, 0.1) is 16.9 Å². The van der Waals surface area contributed by atoms with E-state index < -0.39 is 0 Å². The summed E-state index contributed by atoms with van der Waals surface area (Å²) >= 11 is 8.64. The van der Waals surface area contributed by atoms with Gasteiger partial charge in [0.25, 0.3) is 0 Å². The van der Waals surface area contributed by atoms with Gasteiger partial charge in [0.1, 0.15) is 0 Å². The predicted octanol–water partition coefficient (Wildman–Crippen LogP) is 5.89. The Hall–Kier alpha value is -1.78. The summed E-state index contributed by atoms with van der Waals surface area (Å²) in [5.74, 6) is 0.530. The molecule has 2 heterocycles. The highest BCUT2D eigenvalue weighted by atomic mass is 127. The highest BCUT2D eigenvalue weighted by Gasteiger charge is 2.23. The van der Waals surface area contributed by atoms with Crippen molar-refractivity contribution >= 4 is 46.1 Å². The standard InChI is InChI=1S/C27H34ClIN6/c1-27(2,33-29)21-9-7-20(8-10-21)25-24(28)17-30-26(32-25)31-22-11-5-19(6-12-22)13-15-35-16-14-23(18-35)34(3)4/h5-12,17,23,33H,13-16,18H2,1-4H3,(H,30,31,32). The Morgan fingerprint density at radius 2 is 1.83 bits per heavy atom. The van der Waals surface area contributed by atoms with E-state index in [1.807, 2.05) is 0 Å². The zero-order valence-corrected chi connectivity index (χ0v) is 23.8. The van der Waals surface area contributed by atoms with Gasteiger partial charge in [-0.05, 0) is 70.6 Å². The number of halogens is 2. The van der Waals surface area contributed by atoms with Crippen LogP contribution in [0.3, 0.4) is 0 Å². The Morgan fingerprint density at radius 3 is 2.46 bits per heavy atom. The molecular formula is C27H34ClIN6. The molecule has 0 spiro atoms. The molecule has 4 rings (SSSR count). The van der Waals surface area contributed by atoms with Crippen molar-refractivity contribution in [3.8, 4) is 11.3 Å². The number of likely N-dealkylation sites (tertiary alicyclic amines) is 1. The number of hydrogen-bond acceptors (Lipinski definition) is 6. The highest BCUT2D eigenvalue weighted by Crippen LogP contribution is 2.29. The molecule has 1 aliphatic heterocycles. The lowest BCUT2D eigenvalue weighted by Crippen LogP contribution is -2.32. The van der Waals surface area contributed by atoms with Crippen LogP contribution in [-0.2, 0) is 12.0 Å². The van der Waals surface area contributed by atoms with Crippen molar-refractivity contribution in [3.05, 3.63) is 70.9 Å². The first-order chi connectivity index (χ1) is 16.7. The number of anilines is 2. The summed E-state index contributed by atoms with van der Waals surface area (Å²) in [7, 11) is 4.35. The molecule has 2 aromatic carbocycles. The van der Waals surface area contributed by atoms with Crippen molar-refractivity contribution in [2.75, 3.05) is 39.0 Å². The number of nitrogens with zero attached hydrogens (tertiary/aromatic N) is 4. The predicted molar refractivity (Wildman–Crippen MR) is 155 cm³/mol. The molecule has 6 nitrogen and oxygen atoms in total. The van der Waals surface area contributed by atoms with Gasteiger partial charge in [0.15, 0.2) is 0 Å². The van der Waals surface area contributed by atoms with E-state index in [1.54, 1.807) is 6.20 Å². The molecule has 1 aliphatic rings. The Kier molecular flexibility index (Phi) is 8.65. The topological polar surface area (TPSA) is 56.3 Å². The fourth-order valence-corrected chi connectivity index (χ4v) is 4.85. The Balaban J connectivity index is 1.39. The molecule has 186 valence electrons. The Labute approximate surface area is 228 Å². The molecule has 3 aromatic rings. The molecular weight excluding hydrogens is 571 g/mol. The third kappa shape index (κ3) is 6.71. The summed E-state index contributed by atoms with van der Waals surface area (Å²) in [4.78, 5) is 14.0. The van der Waals surface area contributed by atoms with Crippen LogP contribution in [0.4, 0.5) is 11.6 Å². The molecule has 0 bridgehead atoms. The van der Waals surface area contributed by atoms with Gasteiger partial charge in [-0.1, -0.05) is 48.0 Å². The summed E-state index contributed by atoms with van der Waals surface area (Å²) in [6, 6.07) is 17.5. The van der Waals surface area contributed by atoms with E-state index in [4.69, 9.17) is 16.6 Å². The van der Waals surface area contributed by atoms with Gasteiger partial charge in [-0.3, -0.25) is 3.53 Å². The van der Waals surface area contributed by atoms with Crippen LogP contribution in [0, 0.1) is 0 Å². The van der Waals surface area contributed by atoms with Gasteiger partial charge < -0.3 is 15.1 Å². The maximum absolute atomic E-state index is 6.45. The molecule has 1 unspecified atom stereocenters. The molecule has 1 fully saturated rings. The van der Waals surface area contributed by atoms with Crippen LogP contribution < -0.4 is 8.85 Å². The summed E-state index contributed by atoms with van der Waals surface area (Å²) in [5.41, 5.74) is 5.06. The smallest absolute Gasteiger partial charge is 0.227 e. The van der Waals surface area contributed by atoms with E-state index in [2.05, 4.69) is 123 Å². The van der Waals surface area contributed by atoms with Crippen molar-refractivity contribution in [2.45, 2.75) is 38.3 Å². The van der Waals surface area contributed by atoms with E-state index in [-0.39, 0.29) is 5.54 Å². The molecule has 1 atom stereocenters. The van der Waals surface area contributed by atoms with Crippen molar-refractivity contribution in [3.63, 3.8) is 0 Å². The number of hydrogen-bond donors (Lipinski definition) is 2. The molecule has 0 amide bonds. The molecule has 8 heteroatoms. The van der Waals surface area contributed by atoms with Crippen LogP contribution in [-0.4, -0.2) is 59.5 Å². The normalized spacial score (nSPS) is 16.7. The third-order valence-corrected chi connectivity index (χ3v) is 8.39. The summed E-state index contributed by atoms with van der Waals surface area (Å²) in [6.07, 6.45) is 3.97. The van der Waals surface area contributed by atoms with Gasteiger partial charge in [-0.2, -0.15) is 0 Å². The molecule has 1 aromatic heterocycles. The zero-order valence-electron chi connectivity index (χ0n) is 20.9. The number of nitrogens with one attached hydrogen (secondary N) is 2. The molecule has 35 heavy (non-hydrogen) atoms. The van der Waals surface area contributed by atoms with Crippen molar-refractivity contribution < 1.29 is 0 Å². The lowest BCUT2D eigenvalue weighted by Gasteiger charge is -2.23. The second kappa shape index (κ2) is 11.5. The van der Waals surface area contributed by atoms with Crippen molar-refractivity contribution in [1.82, 2.24) is 23.3 Å². The average molecular weight is 605 g/mol. The number of aromatic nitrogens is 2. The average Bonchev–Trinajstić information content (AvgIpc) is 3.34. The molecule has 2 N–H and O–H groups in total. The van der Waals surface area contributed by atoms with Gasteiger partial charge in [0, 0.05) is 58.8 Å². The quantitative estimate of drug-likeness (QED) is 0.235. The van der Waals surface area contributed by atoms with E-state index in [0.29, 0.717) is 22.7 Å². The van der Waals surface area contributed by atoms with Crippen molar-refractivity contribution in [2.24, 2.45) is 0 Å². The van der Waals surface area contributed by atoms with Crippen LogP contribution in [0.15, 0.2) is 54.7 Å². The molecule has 0 radical (unpaired) electrons. The SMILES string of the molecule is CN(C)C1CCN(CCc2ccc(Nc3ncc(Cl)c(-c4ccc(C(C)(C)NI)cc4)n3)cc2)C1. The lowest BCUT2D eigenvalue weighted by atomic mass is 9.94. The van der Waals surface area contributed by atoms with Crippen LogP contribution in [0.25, 0.3) is 11.3 Å². The van der Waals surface area contributed by atoms with Gasteiger partial charge in [-0.25, -0.2) is 9.97 Å². The highest BCUT2D eigenvalue weighted by molar-refractivity contribution is 14.1. The first-order valence-electron chi connectivity index (χ1n) is 12.0. The minimum Gasteiger partial charge on any atom is -0.324 e. The van der Waals surface area contributed by atoms with E-state index in [9.17, 15) is 0 Å². The zero-order chi connectivity index (χ0) is 25.0. The number of benzene rings is 2. The minimum absolute atomic E-state index is 0.115. The summed E-state index contributed by atoms with van der Waals surface area (Å²) < 4.78 is 3.30. The summed E-state index contributed by atoms with van der Waals surface area (Å²) in [5, 5.41) is 3.85. The van der Waals surface area contributed by atoms with Gasteiger partial charge >= 0.3 is 0 Å². The molecule has 0 saturated carbocycles. The summed E-state index contributed by atoms with van der Waals surface area (Å²) in [6.45, 7) is 7.75. The lowest BCUT2D eigenvalue weighted by molar-refractivity contribution is 0.270. The maximum atomic E-state index is 6.45. The van der Waals surface area contributed by atoms with Crippen molar-refractivity contribution in [1.29, 1.82) is 0 Å². The van der Waals surface area contributed by atoms with Crippen LogP contribution in [0.2, 0.25) is 5.02 Å². The first-order valence-corrected chi connectivity index (χ1v) is 13.5. The fraction of sp³-hybridized carbons (Fsp3) is 0.407. The second-order valence-corrected chi connectivity index (χ2v) is 10.9. The largest absolute Gasteiger partial charge is 0.324 e. The Bertz CT molecular complexity index is 1120. The number of likely N-dealkylation sites (N-methyl/N-ethyl adjacent to an activating group) is 1. The maximum Gasteiger partial charge on any atom is 0.227 e. The molecule has 0 aliphatic carbocycles. The monoisotopic (exact) mass is 604 g/mol.